The fourth-order valence-corrected chi connectivity index (χ4v) is 6.93. The molecule has 0 bridgehead atoms. The van der Waals surface area contributed by atoms with Crippen LogP contribution < -0.4 is 20.4 Å². The van der Waals surface area contributed by atoms with E-state index in [9.17, 15) is 0 Å². The molecule has 2 aliphatic rings. The third-order valence-corrected chi connectivity index (χ3v) is 9.01. The fraction of sp³-hybridized carbons (Fsp3) is 0.357. The molecule has 7 heteroatoms. The van der Waals surface area contributed by atoms with Crippen LogP contribution in [0.3, 0.4) is 0 Å². The van der Waals surface area contributed by atoms with Crippen molar-refractivity contribution in [3.05, 3.63) is 71.8 Å². The molecule has 4 nitrogen and oxygen atoms in total. The maximum Gasteiger partial charge on any atom is 0.0508 e. The Bertz CT molecular complexity index is 1040. The van der Waals surface area contributed by atoms with E-state index in [1.807, 2.05) is 23.5 Å². The highest BCUT2D eigenvalue weighted by Crippen LogP contribution is 2.42. The molecule has 0 amide bonds. The summed E-state index contributed by atoms with van der Waals surface area (Å²) in [5.74, 6) is 0. The molecule has 3 aromatic carbocycles. The zero-order valence-corrected chi connectivity index (χ0v) is 23.0. The minimum absolute atomic E-state index is 0. The Labute approximate surface area is 224 Å². The van der Waals surface area contributed by atoms with Gasteiger partial charge < -0.3 is 20.4 Å². The van der Waals surface area contributed by atoms with Crippen molar-refractivity contribution in [1.29, 1.82) is 0 Å². The van der Waals surface area contributed by atoms with Gasteiger partial charge in [-0.1, -0.05) is 53.9 Å². The maximum atomic E-state index is 3.47. The summed E-state index contributed by atoms with van der Waals surface area (Å²) >= 11 is 3.81. The van der Waals surface area contributed by atoms with Gasteiger partial charge >= 0.3 is 0 Å². The van der Waals surface area contributed by atoms with Crippen molar-refractivity contribution < 1.29 is 0 Å². The number of aryl methyl sites for hydroxylation is 2. The SMILES string of the molecule is Cc1cc(C)c(Sc2ccccc2N2CCNCC2)cc1Sc1ccccc1N1CCNCC1.Cl. The third-order valence-electron chi connectivity index (χ3n) is 6.56. The average Bonchev–Trinajstić information content (AvgIpc) is 2.88. The van der Waals surface area contributed by atoms with E-state index >= 15 is 0 Å². The molecule has 186 valence electrons. The third kappa shape index (κ3) is 6.30. The van der Waals surface area contributed by atoms with E-state index in [1.54, 1.807) is 0 Å². The largest absolute Gasteiger partial charge is 0.368 e. The number of nitrogens with zero attached hydrogens (tertiary/aromatic N) is 2. The van der Waals surface area contributed by atoms with Crippen LogP contribution in [0.1, 0.15) is 11.1 Å². The number of hydrogen-bond donors (Lipinski definition) is 2. The first-order valence-electron chi connectivity index (χ1n) is 12.3. The molecule has 3 aromatic rings. The normalized spacial score (nSPS) is 16.2. The molecule has 0 spiro atoms. The van der Waals surface area contributed by atoms with Gasteiger partial charge in [0.1, 0.15) is 0 Å². The van der Waals surface area contributed by atoms with Gasteiger partial charge in [0.05, 0.1) is 11.4 Å². The average molecular weight is 527 g/mol. The van der Waals surface area contributed by atoms with Crippen LogP contribution >= 0.6 is 35.9 Å². The van der Waals surface area contributed by atoms with Gasteiger partial charge in [-0.05, 0) is 55.3 Å². The molecule has 0 radical (unpaired) electrons. The second-order valence-corrected chi connectivity index (χ2v) is 11.2. The summed E-state index contributed by atoms with van der Waals surface area (Å²) in [6, 6.07) is 22.5. The van der Waals surface area contributed by atoms with Gasteiger partial charge in [-0.2, -0.15) is 0 Å². The molecule has 2 saturated heterocycles. The van der Waals surface area contributed by atoms with Gasteiger partial charge in [0.25, 0.3) is 0 Å². The van der Waals surface area contributed by atoms with Gasteiger partial charge in [0, 0.05) is 71.9 Å². The predicted octanol–water partition coefficient (Wildman–Crippen LogP) is 5.85. The molecule has 5 rings (SSSR count). The van der Waals surface area contributed by atoms with Gasteiger partial charge in [0.2, 0.25) is 0 Å². The quantitative estimate of drug-likeness (QED) is 0.419. The van der Waals surface area contributed by atoms with Crippen molar-refractivity contribution in [2.24, 2.45) is 0 Å². The molecule has 0 aromatic heterocycles. The lowest BCUT2D eigenvalue weighted by Crippen LogP contribution is -2.43. The van der Waals surface area contributed by atoms with Crippen molar-refractivity contribution in [2.75, 3.05) is 62.2 Å². The van der Waals surface area contributed by atoms with Gasteiger partial charge in [-0.15, -0.1) is 12.4 Å². The van der Waals surface area contributed by atoms with Crippen molar-refractivity contribution >= 4 is 47.3 Å². The van der Waals surface area contributed by atoms with Crippen LogP contribution in [-0.4, -0.2) is 52.4 Å². The molecule has 0 aliphatic carbocycles. The number of anilines is 2. The molecular formula is C28H35ClN4S2. The molecule has 35 heavy (non-hydrogen) atoms. The summed E-state index contributed by atoms with van der Waals surface area (Å²) in [7, 11) is 0. The molecule has 2 N–H and O–H groups in total. The molecule has 0 saturated carbocycles. The highest BCUT2D eigenvalue weighted by Gasteiger charge is 2.18. The van der Waals surface area contributed by atoms with Gasteiger partial charge in [-0.25, -0.2) is 0 Å². The standard InChI is InChI=1S/C28H34N4S2.ClH/c1-21-19-22(2)28(34-26-10-6-4-8-24(26)32-17-13-30-14-18-32)20-27(21)33-25-9-5-3-7-23(25)31-15-11-29-12-16-31;/h3-10,19-20,29-30H,11-18H2,1-2H3;1H. The molecule has 0 unspecified atom stereocenters. The van der Waals surface area contributed by atoms with Crippen LogP contribution in [0.4, 0.5) is 11.4 Å². The van der Waals surface area contributed by atoms with E-state index in [1.165, 1.54) is 42.1 Å². The van der Waals surface area contributed by atoms with Crippen LogP contribution in [-0.2, 0) is 0 Å². The number of rotatable bonds is 6. The van der Waals surface area contributed by atoms with Crippen LogP contribution in [0, 0.1) is 13.8 Å². The summed E-state index contributed by atoms with van der Waals surface area (Å²) in [6.07, 6.45) is 0. The van der Waals surface area contributed by atoms with Crippen molar-refractivity contribution in [2.45, 2.75) is 33.4 Å². The Hall–Kier alpha value is -1.83. The lowest BCUT2D eigenvalue weighted by molar-refractivity contribution is 0.587. The molecule has 2 aliphatic heterocycles. The lowest BCUT2D eigenvalue weighted by atomic mass is 10.2. The van der Waals surface area contributed by atoms with Crippen molar-refractivity contribution in [1.82, 2.24) is 10.6 Å². The summed E-state index contributed by atoms with van der Waals surface area (Å²) in [5, 5.41) is 6.94. The highest BCUT2D eigenvalue weighted by molar-refractivity contribution is 8.00. The number of benzene rings is 3. The zero-order valence-electron chi connectivity index (χ0n) is 20.5. The maximum absolute atomic E-state index is 3.47. The Morgan fingerprint density at radius 1 is 0.571 bits per heavy atom. The van der Waals surface area contributed by atoms with Gasteiger partial charge in [-0.3, -0.25) is 0 Å². The first-order valence-corrected chi connectivity index (χ1v) is 13.9. The Balaban J connectivity index is 0.00000289. The number of piperazine rings is 2. The topological polar surface area (TPSA) is 30.5 Å². The summed E-state index contributed by atoms with van der Waals surface area (Å²) in [5.41, 5.74) is 5.40. The van der Waals surface area contributed by atoms with Gasteiger partial charge in [0.15, 0.2) is 0 Å². The number of para-hydroxylation sites is 2. The zero-order chi connectivity index (χ0) is 23.3. The van der Waals surface area contributed by atoms with E-state index in [0.29, 0.717) is 0 Å². The summed E-state index contributed by atoms with van der Waals surface area (Å²) in [4.78, 5) is 10.4. The highest BCUT2D eigenvalue weighted by atomic mass is 35.5. The molecule has 2 heterocycles. The second kappa shape index (κ2) is 12.4. The van der Waals surface area contributed by atoms with E-state index in [0.717, 1.165) is 52.4 Å². The monoisotopic (exact) mass is 526 g/mol. The summed E-state index contributed by atoms with van der Waals surface area (Å²) in [6.45, 7) is 12.9. The molecule has 2 fully saturated rings. The number of hydrogen-bond acceptors (Lipinski definition) is 6. The second-order valence-electron chi connectivity index (χ2n) is 9.00. The first kappa shape index (κ1) is 26.2. The van der Waals surface area contributed by atoms with Crippen LogP contribution in [0.15, 0.2) is 80.2 Å². The number of nitrogens with one attached hydrogen (secondary N) is 2. The fourth-order valence-electron chi connectivity index (χ4n) is 4.69. The first-order chi connectivity index (χ1) is 16.7. The smallest absolute Gasteiger partial charge is 0.0508 e. The van der Waals surface area contributed by atoms with Crippen LogP contribution in [0.2, 0.25) is 0 Å². The van der Waals surface area contributed by atoms with Crippen molar-refractivity contribution in [3.63, 3.8) is 0 Å². The Morgan fingerprint density at radius 2 is 0.971 bits per heavy atom. The van der Waals surface area contributed by atoms with Crippen LogP contribution in [0.25, 0.3) is 0 Å². The summed E-state index contributed by atoms with van der Waals surface area (Å²) < 4.78 is 0. The minimum atomic E-state index is 0. The molecular weight excluding hydrogens is 492 g/mol. The number of halogens is 1. The van der Waals surface area contributed by atoms with E-state index < -0.39 is 0 Å². The Kier molecular flexibility index (Phi) is 9.31. The van der Waals surface area contributed by atoms with Crippen LogP contribution in [0.5, 0.6) is 0 Å². The van der Waals surface area contributed by atoms with E-state index in [2.05, 4.69) is 94.9 Å². The molecule has 0 atom stereocenters. The lowest BCUT2D eigenvalue weighted by Gasteiger charge is -2.31. The van der Waals surface area contributed by atoms with E-state index in [-0.39, 0.29) is 12.4 Å². The minimum Gasteiger partial charge on any atom is -0.368 e. The van der Waals surface area contributed by atoms with E-state index in [4.69, 9.17) is 0 Å². The predicted molar refractivity (Wildman–Crippen MR) is 154 cm³/mol. The van der Waals surface area contributed by atoms with Crippen molar-refractivity contribution in [3.8, 4) is 0 Å². The Morgan fingerprint density at radius 3 is 1.40 bits per heavy atom.